The van der Waals surface area contributed by atoms with Crippen LogP contribution in [0.3, 0.4) is 0 Å². The van der Waals surface area contributed by atoms with Crippen LogP contribution in [0.25, 0.3) is 0 Å². The number of nitrogens with zero attached hydrogens (tertiary/aromatic N) is 2. The van der Waals surface area contributed by atoms with Gasteiger partial charge in [-0.3, -0.25) is 0 Å². The number of alkyl halides is 3. The number of halogens is 3. The summed E-state index contributed by atoms with van der Waals surface area (Å²) in [6.07, 6.45) is -3.58. The highest BCUT2D eigenvalue weighted by atomic mass is 19.4. The summed E-state index contributed by atoms with van der Waals surface area (Å²) in [7, 11) is 1.71. The van der Waals surface area contributed by atoms with E-state index in [0.717, 1.165) is 17.7 Å². The number of para-hydroxylation sites is 1. The number of hydrogen-bond acceptors (Lipinski definition) is 5. The lowest BCUT2D eigenvalue weighted by Gasteiger charge is -2.28. The zero-order valence-corrected chi connectivity index (χ0v) is 23.9. The monoisotopic (exact) mass is 584 g/mol. The molecule has 1 aliphatic heterocycles. The van der Waals surface area contributed by atoms with Gasteiger partial charge >= 0.3 is 18.2 Å². The summed E-state index contributed by atoms with van der Waals surface area (Å²) in [5, 5.41) is 0. The van der Waals surface area contributed by atoms with Crippen LogP contribution in [0.15, 0.2) is 78.9 Å². The molecule has 3 aromatic carbocycles. The Balaban J connectivity index is 1.33. The number of urea groups is 1. The quantitative estimate of drug-likeness (QED) is 0.232. The standard InChI is InChI=1S/C32H35F3N2O5/c1-4-40-29(38)31(2,42-27-10-6-5-7-11-27)20-24-9-8-12-28(19-24)41-18-17-26-22-37(30(39)36(26)3)21-23-13-15-25(16-14-23)32(33,34)35/h5-16,19,26H,4,17-18,20-22H2,1-3H3. The van der Waals surface area contributed by atoms with Gasteiger partial charge in [-0.2, -0.15) is 13.2 Å². The molecular weight excluding hydrogens is 549 g/mol. The number of carbonyl (C=O) groups excluding carboxylic acids is 2. The van der Waals surface area contributed by atoms with Gasteiger partial charge in [-0.25, -0.2) is 9.59 Å². The van der Waals surface area contributed by atoms with Crippen molar-refractivity contribution in [3.63, 3.8) is 0 Å². The molecule has 2 atom stereocenters. The molecule has 42 heavy (non-hydrogen) atoms. The van der Waals surface area contributed by atoms with Crippen LogP contribution in [0.4, 0.5) is 18.0 Å². The molecule has 0 bridgehead atoms. The molecule has 7 nitrogen and oxygen atoms in total. The number of esters is 1. The Kier molecular flexibility index (Phi) is 9.65. The van der Waals surface area contributed by atoms with Crippen molar-refractivity contribution in [1.29, 1.82) is 0 Å². The van der Waals surface area contributed by atoms with Gasteiger partial charge in [-0.05, 0) is 61.4 Å². The molecule has 0 saturated carbocycles. The Morgan fingerprint density at radius 2 is 1.64 bits per heavy atom. The van der Waals surface area contributed by atoms with Crippen molar-refractivity contribution >= 4 is 12.0 Å². The van der Waals surface area contributed by atoms with Crippen molar-refractivity contribution in [3.05, 3.63) is 95.6 Å². The second kappa shape index (κ2) is 13.2. The topological polar surface area (TPSA) is 68.3 Å². The average molecular weight is 585 g/mol. The highest BCUT2D eigenvalue weighted by molar-refractivity contribution is 5.80. The first-order chi connectivity index (χ1) is 20.0. The van der Waals surface area contributed by atoms with Gasteiger partial charge in [0.15, 0.2) is 0 Å². The fourth-order valence-electron chi connectivity index (χ4n) is 4.90. The smallest absolute Gasteiger partial charge is 0.416 e. The fraction of sp³-hybridized carbons (Fsp3) is 0.375. The number of rotatable bonds is 12. The SMILES string of the molecule is CCOC(=O)C(C)(Cc1cccc(OCCC2CN(Cc3ccc(C(F)(F)F)cc3)C(=O)N2C)c1)Oc1ccccc1. The van der Waals surface area contributed by atoms with Crippen molar-refractivity contribution in [3.8, 4) is 11.5 Å². The molecule has 1 aliphatic rings. The first-order valence-electron chi connectivity index (χ1n) is 13.8. The fourth-order valence-corrected chi connectivity index (χ4v) is 4.90. The second-order valence-corrected chi connectivity index (χ2v) is 10.5. The molecule has 224 valence electrons. The molecule has 1 heterocycles. The maximum atomic E-state index is 12.9. The van der Waals surface area contributed by atoms with E-state index < -0.39 is 23.3 Å². The number of benzene rings is 3. The summed E-state index contributed by atoms with van der Waals surface area (Å²) in [5.41, 5.74) is -0.511. The van der Waals surface area contributed by atoms with Crippen molar-refractivity contribution < 1.29 is 37.0 Å². The van der Waals surface area contributed by atoms with Gasteiger partial charge < -0.3 is 24.0 Å². The van der Waals surface area contributed by atoms with E-state index >= 15 is 0 Å². The Morgan fingerprint density at radius 1 is 0.952 bits per heavy atom. The number of carbonyl (C=O) groups is 2. The molecule has 4 rings (SSSR count). The van der Waals surface area contributed by atoms with Crippen molar-refractivity contribution in [2.45, 2.75) is 51.1 Å². The minimum absolute atomic E-state index is 0.110. The van der Waals surface area contributed by atoms with Crippen LogP contribution in [0.1, 0.15) is 37.0 Å². The van der Waals surface area contributed by atoms with E-state index in [-0.39, 0.29) is 31.6 Å². The first-order valence-corrected chi connectivity index (χ1v) is 13.8. The van der Waals surface area contributed by atoms with E-state index in [1.54, 1.807) is 42.8 Å². The molecular formula is C32H35F3N2O5. The lowest BCUT2D eigenvalue weighted by molar-refractivity contribution is -0.160. The van der Waals surface area contributed by atoms with E-state index in [4.69, 9.17) is 14.2 Å². The molecule has 0 N–H and O–H groups in total. The zero-order chi connectivity index (χ0) is 30.3. The predicted molar refractivity (Wildman–Crippen MR) is 151 cm³/mol. The van der Waals surface area contributed by atoms with Gasteiger partial charge in [-0.1, -0.05) is 42.5 Å². The molecule has 0 aliphatic carbocycles. The largest absolute Gasteiger partial charge is 0.494 e. The molecule has 1 saturated heterocycles. The Bertz CT molecular complexity index is 1350. The van der Waals surface area contributed by atoms with Gasteiger partial charge in [-0.15, -0.1) is 0 Å². The molecule has 0 aromatic heterocycles. The van der Waals surface area contributed by atoms with Gasteiger partial charge in [0.25, 0.3) is 0 Å². The van der Waals surface area contributed by atoms with Crippen LogP contribution in [0.2, 0.25) is 0 Å². The minimum Gasteiger partial charge on any atom is -0.494 e. The van der Waals surface area contributed by atoms with Gasteiger partial charge in [0.2, 0.25) is 5.60 Å². The van der Waals surface area contributed by atoms with E-state index in [9.17, 15) is 22.8 Å². The van der Waals surface area contributed by atoms with Crippen LogP contribution in [-0.4, -0.2) is 60.2 Å². The lowest BCUT2D eigenvalue weighted by Crippen LogP contribution is -2.45. The molecule has 2 amide bonds. The summed E-state index contributed by atoms with van der Waals surface area (Å²) in [5.74, 6) is 0.713. The number of amides is 2. The van der Waals surface area contributed by atoms with Crippen molar-refractivity contribution in [1.82, 2.24) is 9.80 Å². The summed E-state index contributed by atoms with van der Waals surface area (Å²) in [4.78, 5) is 28.9. The van der Waals surface area contributed by atoms with Crippen LogP contribution in [0, 0.1) is 0 Å². The first kappa shape index (κ1) is 30.7. The molecule has 0 radical (unpaired) electrons. The van der Waals surface area contributed by atoms with E-state index in [2.05, 4.69) is 0 Å². The second-order valence-electron chi connectivity index (χ2n) is 10.5. The number of likely N-dealkylation sites (N-methyl/N-ethyl adjacent to an activating group) is 1. The summed E-state index contributed by atoms with van der Waals surface area (Å²) in [6.45, 7) is 4.69. The molecule has 10 heteroatoms. The Morgan fingerprint density at radius 3 is 2.31 bits per heavy atom. The van der Waals surface area contributed by atoms with Gasteiger partial charge in [0.1, 0.15) is 11.5 Å². The summed E-state index contributed by atoms with van der Waals surface area (Å²) >= 11 is 0. The third kappa shape index (κ3) is 7.74. The van der Waals surface area contributed by atoms with Crippen LogP contribution < -0.4 is 9.47 Å². The molecule has 0 spiro atoms. The number of ether oxygens (including phenoxy) is 3. The highest BCUT2D eigenvalue weighted by Gasteiger charge is 2.38. The van der Waals surface area contributed by atoms with Crippen molar-refractivity contribution in [2.75, 3.05) is 26.8 Å². The zero-order valence-electron chi connectivity index (χ0n) is 23.9. The molecule has 3 aromatic rings. The number of hydrogen-bond donors (Lipinski definition) is 0. The van der Waals surface area contributed by atoms with E-state index in [0.29, 0.717) is 36.6 Å². The van der Waals surface area contributed by atoms with Crippen LogP contribution in [-0.2, 0) is 28.7 Å². The lowest BCUT2D eigenvalue weighted by atomic mass is 9.96. The normalized spacial score (nSPS) is 16.7. The maximum Gasteiger partial charge on any atom is 0.416 e. The van der Waals surface area contributed by atoms with E-state index in [1.165, 1.54) is 12.1 Å². The van der Waals surface area contributed by atoms with Crippen molar-refractivity contribution in [2.24, 2.45) is 0 Å². The predicted octanol–water partition coefficient (Wildman–Crippen LogP) is 6.35. The summed E-state index contributed by atoms with van der Waals surface area (Å²) < 4.78 is 56.0. The molecule has 2 unspecified atom stereocenters. The van der Waals surface area contributed by atoms with E-state index in [1.807, 2.05) is 42.5 Å². The third-order valence-electron chi connectivity index (χ3n) is 7.16. The van der Waals surface area contributed by atoms with Crippen LogP contribution >= 0.6 is 0 Å². The highest BCUT2D eigenvalue weighted by Crippen LogP contribution is 2.30. The minimum atomic E-state index is -4.40. The summed E-state index contributed by atoms with van der Waals surface area (Å²) in [6, 6.07) is 21.1. The third-order valence-corrected chi connectivity index (χ3v) is 7.16. The Labute approximate surface area is 243 Å². The van der Waals surface area contributed by atoms with Gasteiger partial charge in [0.05, 0.1) is 24.8 Å². The average Bonchev–Trinajstić information content (AvgIpc) is 3.21. The van der Waals surface area contributed by atoms with Crippen LogP contribution in [0.5, 0.6) is 11.5 Å². The van der Waals surface area contributed by atoms with Gasteiger partial charge in [0, 0.05) is 33.0 Å². The maximum absolute atomic E-state index is 12.9. The Hall–Kier alpha value is -4.21. The molecule has 1 fully saturated rings.